The lowest BCUT2D eigenvalue weighted by Crippen LogP contribution is -3.00. The molecule has 5 heteroatoms. The third-order valence-corrected chi connectivity index (χ3v) is 4.95. The summed E-state index contributed by atoms with van der Waals surface area (Å²) < 4.78 is 7.07. The highest BCUT2D eigenvalue weighted by atomic mass is 127. The number of quaternary nitrogens is 1. The average molecular weight is 455 g/mol. The van der Waals surface area contributed by atoms with Crippen molar-refractivity contribution in [2.24, 2.45) is 0 Å². The Morgan fingerprint density at radius 2 is 1.48 bits per heavy atom. The van der Waals surface area contributed by atoms with Crippen LogP contribution >= 0.6 is 0 Å². The predicted molar refractivity (Wildman–Crippen MR) is 99.1 cm³/mol. The van der Waals surface area contributed by atoms with E-state index in [-0.39, 0.29) is 24.0 Å². The van der Waals surface area contributed by atoms with E-state index in [0.29, 0.717) is 0 Å². The maximum absolute atomic E-state index is 5.89. The molecule has 0 aliphatic heterocycles. The van der Waals surface area contributed by atoms with Crippen molar-refractivity contribution in [1.82, 2.24) is 9.97 Å². The smallest absolute Gasteiger partial charge is 0.159 e. The molecule has 1 aromatic heterocycles. The third kappa shape index (κ3) is 6.22. The molecule has 0 amide bonds. The van der Waals surface area contributed by atoms with E-state index < -0.39 is 0 Å². The molecule has 138 valence electrons. The molecule has 0 unspecified atom stereocenters. The van der Waals surface area contributed by atoms with Crippen molar-refractivity contribution in [3.8, 4) is 17.1 Å². The van der Waals surface area contributed by atoms with E-state index >= 15 is 0 Å². The Morgan fingerprint density at radius 1 is 0.920 bits per heavy atom. The zero-order valence-corrected chi connectivity index (χ0v) is 18.0. The summed E-state index contributed by atoms with van der Waals surface area (Å²) in [6.45, 7) is 14.3. The molecule has 0 bridgehead atoms. The Hall–Kier alpha value is -1.21. The van der Waals surface area contributed by atoms with E-state index in [4.69, 9.17) is 4.74 Å². The lowest BCUT2D eigenvalue weighted by atomic mass is 10.2. The maximum atomic E-state index is 5.89. The second-order valence-electron chi connectivity index (χ2n) is 6.32. The minimum absolute atomic E-state index is 0. The van der Waals surface area contributed by atoms with Gasteiger partial charge in [0.15, 0.2) is 5.82 Å². The molecular weight excluding hydrogens is 425 g/mol. The van der Waals surface area contributed by atoms with Crippen LogP contribution in [0.25, 0.3) is 11.4 Å². The van der Waals surface area contributed by atoms with Gasteiger partial charge in [0.05, 0.1) is 32.8 Å². The summed E-state index contributed by atoms with van der Waals surface area (Å²) in [6.07, 6.45) is 4.76. The highest BCUT2D eigenvalue weighted by molar-refractivity contribution is 5.55. The van der Waals surface area contributed by atoms with Crippen LogP contribution in [0.15, 0.2) is 36.7 Å². The summed E-state index contributed by atoms with van der Waals surface area (Å²) >= 11 is 0. The van der Waals surface area contributed by atoms with Gasteiger partial charge in [-0.2, -0.15) is 0 Å². The number of nitrogens with zero attached hydrogens (tertiary/aromatic N) is 3. The largest absolute Gasteiger partial charge is 1.00 e. The number of aryl methyl sites for hydroxylation is 1. The Labute approximate surface area is 169 Å². The number of ether oxygens (including phenoxy) is 1. The van der Waals surface area contributed by atoms with Crippen molar-refractivity contribution >= 4 is 0 Å². The topological polar surface area (TPSA) is 35.0 Å². The van der Waals surface area contributed by atoms with Crippen molar-refractivity contribution in [2.75, 3.05) is 32.8 Å². The fourth-order valence-corrected chi connectivity index (χ4v) is 2.98. The van der Waals surface area contributed by atoms with Gasteiger partial charge in [-0.15, -0.1) is 0 Å². The Kier molecular flexibility index (Phi) is 9.35. The van der Waals surface area contributed by atoms with Crippen molar-refractivity contribution in [1.29, 1.82) is 0 Å². The van der Waals surface area contributed by atoms with E-state index in [9.17, 15) is 0 Å². The molecule has 0 aliphatic carbocycles. The van der Waals surface area contributed by atoms with E-state index in [2.05, 4.69) is 30.7 Å². The highest BCUT2D eigenvalue weighted by Crippen LogP contribution is 2.19. The number of halogens is 1. The Morgan fingerprint density at radius 3 is 2.00 bits per heavy atom. The molecule has 0 saturated heterocycles. The van der Waals surface area contributed by atoms with Crippen LogP contribution < -0.4 is 28.7 Å². The first-order chi connectivity index (χ1) is 11.6. The van der Waals surface area contributed by atoms with Gasteiger partial charge in [0.25, 0.3) is 0 Å². The van der Waals surface area contributed by atoms with Crippen LogP contribution in [0, 0.1) is 6.92 Å². The summed E-state index contributed by atoms with van der Waals surface area (Å²) in [5.74, 6) is 1.66. The second kappa shape index (κ2) is 10.7. The first-order valence-corrected chi connectivity index (χ1v) is 8.99. The molecule has 1 heterocycles. The molecule has 4 nitrogen and oxygen atoms in total. The molecule has 0 radical (unpaired) electrons. The first-order valence-electron chi connectivity index (χ1n) is 8.99. The van der Waals surface area contributed by atoms with Gasteiger partial charge in [-0.3, -0.25) is 0 Å². The SMILES string of the molecule is CC[N+](CC)(CC)CCCOc1ccc(-c2ncc(C)cn2)cc1.[I-]. The van der Waals surface area contributed by atoms with Crippen LogP contribution in [0.4, 0.5) is 0 Å². The zero-order valence-electron chi connectivity index (χ0n) is 15.8. The van der Waals surface area contributed by atoms with Gasteiger partial charge in [0.2, 0.25) is 0 Å². The van der Waals surface area contributed by atoms with E-state index in [1.807, 2.05) is 43.6 Å². The molecule has 0 aliphatic rings. The standard InChI is InChI=1S/C20H30N3O.HI/c1-5-23(6-2,7-3)13-8-14-24-19-11-9-18(10-12-19)20-21-15-17(4)16-22-20;/h9-12,15-16H,5-8,13-14H2,1-4H3;1H/q+1;/p-1. The lowest BCUT2D eigenvalue weighted by molar-refractivity contribution is -0.923. The molecule has 0 atom stereocenters. The highest BCUT2D eigenvalue weighted by Gasteiger charge is 2.19. The predicted octanol–water partition coefficient (Wildman–Crippen LogP) is 1.10. The molecular formula is C20H30IN3O. The molecule has 0 saturated carbocycles. The fraction of sp³-hybridized carbons (Fsp3) is 0.500. The summed E-state index contributed by atoms with van der Waals surface area (Å²) in [4.78, 5) is 8.71. The van der Waals surface area contributed by atoms with Crippen molar-refractivity contribution in [2.45, 2.75) is 34.1 Å². The van der Waals surface area contributed by atoms with E-state index in [1.165, 1.54) is 30.7 Å². The molecule has 0 N–H and O–H groups in total. The van der Waals surface area contributed by atoms with Gasteiger partial charge >= 0.3 is 0 Å². The van der Waals surface area contributed by atoms with Crippen molar-refractivity contribution in [3.05, 3.63) is 42.2 Å². The van der Waals surface area contributed by atoms with E-state index in [0.717, 1.165) is 35.7 Å². The van der Waals surface area contributed by atoms with Crippen LogP contribution in [0.1, 0.15) is 32.8 Å². The summed E-state index contributed by atoms with van der Waals surface area (Å²) in [7, 11) is 0. The first kappa shape index (κ1) is 21.8. The van der Waals surface area contributed by atoms with Gasteiger partial charge in [0, 0.05) is 24.4 Å². The van der Waals surface area contributed by atoms with Crippen LogP contribution in [-0.4, -0.2) is 47.2 Å². The molecule has 2 rings (SSSR count). The van der Waals surface area contributed by atoms with Gasteiger partial charge in [0.1, 0.15) is 5.75 Å². The fourth-order valence-electron chi connectivity index (χ4n) is 2.98. The Balaban J connectivity index is 0.00000312. The summed E-state index contributed by atoms with van der Waals surface area (Å²) in [5, 5.41) is 0. The van der Waals surface area contributed by atoms with Crippen LogP contribution in [0.2, 0.25) is 0 Å². The van der Waals surface area contributed by atoms with Gasteiger partial charge in [-0.05, 0) is 57.5 Å². The van der Waals surface area contributed by atoms with E-state index in [1.54, 1.807) is 0 Å². The Bertz CT molecular complexity index is 602. The van der Waals surface area contributed by atoms with Gasteiger partial charge in [-0.25, -0.2) is 9.97 Å². The molecule has 1 aromatic carbocycles. The molecule has 25 heavy (non-hydrogen) atoms. The molecule has 2 aromatic rings. The van der Waals surface area contributed by atoms with Crippen molar-refractivity contribution < 1.29 is 33.2 Å². The molecule has 0 fully saturated rings. The van der Waals surface area contributed by atoms with Gasteiger partial charge in [-0.1, -0.05) is 0 Å². The quantitative estimate of drug-likeness (QED) is 0.323. The maximum Gasteiger partial charge on any atom is 0.159 e. The van der Waals surface area contributed by atoms with Crippen LogP contribution in [-0.2, 0) is 0 Å². The minimum atomic E-state index is 0. The number of benzene rings is 1. The molecule has 0 spiro atoms. The average Bonchev–Trinajstić information content (AvgIpc) is 2.64. The number of hydrogen-bond donors (Lipinski definition) is 0. The normalized spacial score (nSPS) is 11.0. The van der Waals surface area contributed by atoms with Crippen LogP contribution in [0.5, 0.6) is 5.75 Å². The third-order valence-electron chi connectivity index (χ3n) is 4.95. The lowest BCUT2D eigenvalue weighted by Gasteiger charge is -2.35. The minimum Gasteiger partial charge on any atom is -1.00 e. The monoisotopic (exact) mass is 455 g/mol. The van der Waals surface area contributed by atoms with Crippen LogP contribution in [0.3, 0.4) is 0 Å². The summed E-state index contributed by atoms with van der Waals surface area (Å²) in [5.41, 5.74) is 2.08. The number of hydrogen-bond acceptors (Lipinski definition) is 3. The second-order valence-corrected chi connectivity index (χ2v) is 6.32. The summed E-state index contributed by atoms with van der Waals surface area (Å²) in [6, 6.07) is 8.04. The number of rotatable bonds is 9. The van der Waals surface area contributed by atoms with Crippen molar-refractivity contribution in [3.63, 3.8) is 0 Å². The number of aromatic nitrogens is 2. The zero-order chi connectivity index (χ0) is 17.4. The van der Waals surface area contributed by atoms with Gasteiger partial charge < -0.3 is 33.2 Å².